The topological polar surface area (TPSA) is 43.8 Å². The van der Waals surface area contributed by atoms with Gasteiger partial charge in [0.05, 0.1) is 11.7 Å². The van der Waals surface area contributed by atoms with Gasteiger partial charge in [0.1, 0.15) is 0 Å². The molecule has 4 heteroatoms. The Morgan fingerprint density at radius 1 is 1.44 bits per heavy atom. The van der Waals surface area contributed by atoms with Gasteiger partial charge in [0.15, 0.2) is 0 Å². The van der Waals surface area contributed by atoms with Crippen LogP contribution in [0.4, 0.5) is 0 Å². The molecule has 0 saturated heterocycles. The largest absolute Gasteiger partial charge is 0.318 e. The lowest BCUT2D eigenvalue weighted by Crippen LogP contribution is -2.16. The van der Waals surface area contributed by atoms with Crippen molar-refractivity contribution in [3.63, 3.8) is 0 Å². The smallest absolute Gasteiger partial charge is 0.0817 e. The summed E-state index contributed by atoms with van der Waals surface area (Å²) < 4.78 is 2.00. The molecule has 3 nitrogen and oxygen atoms in total. The van der Waals surface area contributed by atoms with E-state index < -0.39 is 0 Å². The van der Waals surface area contributed by atoms with Crippen molar-refractivity contribution in [3.8, 4) is 0 Å². The van der Waals surface area contributed by atoms with Crippen LogP contribution in [0.5, 0.6) is 0 Å². The number of thiophene rings is 1. The van der Waals surface area contributed by atoms with E-state index in [1.807, 2.05) is 16.9 Å². The van der Waals surface area contributed by atoms with Crippen molar-refractivity contribution in [2.75, 3.05) is 0 Å². The number of aromatic nitrogens is 2. The van der Waals surface area contributed by atoms with Crippen molar-refractivity contribution in [3.05, 3.63) is 39.8 Å². The molecule has 0 aliphatic rings. The second kappa shape index (κ2) is 4.80. The van der Waals surface area contributed by atoms with Crippen LogP contribution in [0.15, 0.2) is 24.4 Å². The molecule has 0 fully saturated rings. The lowest BCUT2D eigenvalue weighted by atomic mass is 10.2. The fourth-order valence-electron chi connectivity index (χ4n) is 1.77. The minimum Gasteiger partial charge on any atom is -0.318 e. The Labute approximate surface area is 99.9 Å². The molecule has 2 heterocycles. The summed E-state index contributed by atoms with van der Waals surface area (Å²) in [7, 11) is 0. The summed E-state index contributed by atoms with van der Waals surface area (Å²) in [4.78, 5) is 2.50. The summed E-state index contributed by atoms with van der Waals surface area (Å²) in [5, 5.41) is 4.30. The van der Waals surface area contributed by atoms with Gasteiger partial charge in [-0.3, -0.25) is 4.68 Å². The van der Waals surface area contributed by atoms with E-state index in [0.29, 0.717) is 0 Å². The summed E-state index contributed by atoms with van der Waals surface area (Å²) in [5.74, 6) is 0. The molecule has 0 aliphatic carbocycles. The molecular weight excluding hydrogens is 218 g/mol. The number of hydrogen-bond acceptors (Lipinski definition) is 3. The highest BCUT2D eigenvalue weighted by atomic mass is 32.1. The summed E-state index contributed by atoms with van der Waals surface area (Å²) >= 11 is 1.75. The minimum atomic E-state index is -0.0484. The van der Waals surface area contributed by atoms with E-state index in [0.717, 1.165) is 18.7 Å². The van der Waals surface area contributed by atoms with Gasteiger partial charge < -0.3 is 5.73 Å². The molecule has 0 bridgehead atoms. The molecule has 2 aromatic heterocycles. The van der Waals surface area contributed by atoms with E-state index in [4.69, 9.17) is 5.73 Å². The molecule has 0 aromatic carbocycles. The zero-order valence-corrected chi connectivity index (χ0v) is 10.5. The molecule has 0 saturated carbocycles. The first kappa shape index (κ1) is 11.4. The van der Waals surface area contributed by atoms with Crippen molar-refractivity contribution < 1.29 is 0 Å². The SMILES string of the molecule is CCCn1nccc1C(N)c1ccc(C)s1. The summed E-state index contributed by atoms with van der Waals surface area (Å²) in [5.41, 5.74) is 7.36. The minimum absolute atomic E-state index is 0.0484. The van der Waals surface area contributed by atoms with Crippen molar-refractivity contribution in [2.45, 2.75) is 32.9 Å². The summed E-state index contributed by atoms with van der Waals surface area (Å²) in [6, 6.07) is 6.18. The number of nitrogens with two attached hydrogens (primary N) is 1. The molecule has 1 unspecified atom stereocenters. The van der Waals surface area contributed by atoms with Crippen LogP contribution >= 0.6 is 11.3 Å². The molecule has 16 heavy (non-hydrogen) atoms. The van der Waals surface area contributed by atoms with Crippen LogP contribution in [0.3, 0.4) is 0 Å². The molecule has 2 rings (SSSR count). The van der Waals surface area contributed by atoms with Crippen LogP contribution in [0.1, 0.15) is 34.8 Å². The van der Waals surface area contributed by atoms with Gasteiger partial charge in [-0.05, 0) is 31.5 Å². The first-order valence-electron chi connectivity index (χ1n) is 5.56. The quantitative estimate of drug-likeness (QED) is 0.885. The molecule has 0 radical (unpaired) electrons. The molecule has 0 spiro atoms. The van der Waals surface area contributed by atoms with E-state index in [1.165, 1.54) is 9.75 Å². The monoisotopic (exact) mass is 235 g/mol. The Bertz CT molecular complexity index is 458. The van der Waals surface area contributed by atoms with Crippen LogP contribution in [0, 0.1) is 6.92 Å². The Morgan fingerprint density at radius 3 is 2.88 bits per heavy atom. The van der Waals surface area contributed by atoms with E-state index >= 15 is 0 Å². The van der Waals surface area contributed by atoms with Crippen LogP contribution < -0.4 is 5.73 Å². The average Bonchev–Trinajstić information content (AvgIpc) is 2.87. The van der Waals surface area contributed by atoms with E-state index in [2.05, 4.69) is 31.1 Å². The maximum Gasteiger partial charge on any atom is 0.0817 e. The number of aryl methyl sites for hydroxylation is 2. The van der Waals surface area contributed by atoms with Crippen molar-refractivity contribution in [1.29, 1.82) is 0 Å². The predicted octanol–water partition coefficient (Wildman–Crippen LogP) is 2.71. The van der Waals surface area contributed by atoms with E-state index in [-0.39, 0.29) is 6.04 Å². The Hall–Kier alpha value is -1.13. The maximum atomic E-state index is 6.25. The first-order valence-corrected chi connectivity index (χ1v) is 6.37. The highest BCUT2D eigenvalue weighted by molar-refractivity contribution is 7.12. The number of nitrogens with zero attached hydrogens (tertiary/aromatic N) is 2. The Morgan fingerprint density at radius 2 is 2.25 bits per heavy atom. The van der Waals surface area contributed by atoms with Gasteiger partial charge in [0, 0.05) is 22.5 Å². The first-order chi connectivity index (χ1) is 7.72. The summed E-state index contributed by atoms with van der Waals surface area (Å²) in [6.45, 7) is 5.18. The normalized spacial score (nSPS) is 12.9. The highest BCUT2D eigenvalue weighted by Crippen LogP contribution is 2.26. The Kier molecular flexibility index (Phi) is 3.41. The van der Waals surface area contributed by atoms with Crippen LogP contribution in [-0.2, 0) is 6.54 Å². The van der Waals surface area contributed by atoms with Crippen molar-refractivity contribution in [2.24, 2.45) is 5.73 Å². The average molecular weight is 235 g/mol. The van der Waals surface area contributed by atoms with E-state index in [9.17, 15) is 0 Å². The highest BCUT2D eigenvalue weighted by Gasteiger charge is 2.14. The molecule has 2 N–H and O–H groups in total. The zero-order valence-electron chi connectivity index (χ0n) is 9.68. The molecule has 1 atom stereocenters. The van der Waals surface area contributed by atoms with Crippen LogP contribution in [0.2, 0.25) is 0 Å². The van der Waals surface area contributed by atoms with E-state index in [1.54, 1.807) is 11.3 Å². The second-order valence-corrected chi connectivity index (χ2v) is 5.22. The second-order valence-electron chi connectivity index (χ2n) is 3.91. The zero-order chi connectivity index (χ0) is 11.5. The van der Waals surface area contributed by atoms with Gasteiger partial charge in [-0.2, -0.15) is 5.10 Å². The maximum absolute atomic E-state index is 6.25. The standard InChI is InChI=1S/C12H17N3S/c1-3-8-15-10(6-7-14-15)12(13)11-5-4-9(2)16-11/h4-7,12H,3,8,13H2,1-2H3. The third kappa shape index (κ3) is 2.18. The lowest BCUT2D eigenvalue weighted by Gasteiger charge is -2.12. The fraction of sp³-hybridized carbons (Fsp3) is 0.417. The van der Waals surface area contributed by atoms with Gasteiger partial charge in [-0.25, -0.2) is 0 Å². The molecule has 86 valence electrons. The van der Waals surface area contributed by atoms with Crippen LogP contribution in [0.25, 0.3) is 0 Å². The predicted molar refractivity (Wildman–Crippen MR) is 67.6 cm³/mol. The van der Waals surface area contributed by atoms with Gasteiger partial charge in [0.25, 0.3) is 0 Å². The van der Waals surface area contributed by atoms with Gasteiger partial charge in [-0.1, -0.05) is 6.92 Å². The molecule has 0 amide bonds. The van der Waals surface area contributed by atoms with Gasteiger partial charge in [-0.15, -0.1) is 11.3 Å². The third-order valence-corrected chi connectivity index (χ3v) is 3.65. The number of hydrogen-bond donors (Lipinski definition) is 1. The lowest BCUT2D eigenvalue weighted by molar-refractivity contribution is 0.561. The number of rotatable bonds is 4. The Balaban J connectivity index is 2.26. The van der Waals surface area contributed by atoms with Gasteiger partial charge >= 0.3 is 0 Å². The molecular formula is C12H17N3S. The van der Waals surface area contributed by atoms with Crippen molar-refractivity contribution >= 4 is 11.3 Å². The summed E-state index contributed by atoms with van der Waals surface area (Å²) in [6.07, 6.45) is 2.90. The molecule has 0 aliphatic heterocycles. The fourth-order valence-corrected chi connectivity index (χ4v) is 2.66. The van der Waals surface area contributed by atoms with Gasteiger partial charge in [0.2, 0.25) is 0 Å². The van der Waals surface area contributed by atoms with Crippen LogP contribution in [-0.4, -0.2) is 9.78 Å². The molecule has 2 aromatic rings. The van der Waals surface area contributed by atoms with Crippen molar-refractivity contribution in [1.82, 2.24) is 9.78 Å². The third-order valence-electron chi connectivity index (χ3n) is 2.57.